The lowest BCUT2D eigenvalue weighted by atomic mass is 9.98. The summed E-state index contributed by atoms with van der Waals surface area (Å²) in [6.07, 6.45) is 2.82. The minimum Gasteiger partial charge on any atom is -0.384 e. The van der Waals surface area contributed by atoms with Crippen molar-refractivity contribution >= 4 is 0 Å². The Kier molecular flexibility index (Phi) is 2.79. The average molecular weight is 199 g/mol. The van der Waals surface area contributed by atoms with Crippen LogP contribution in [-0.4, -0.2) is 10.1 Å². The quantitative estimate of drug-likeness (QED) is 0.806. The summed E-state index contributed by atoms with van der Waals surface area (Å²) in [5, 5.41) is 10.1. The van der Waals surface area contributed by atoms with Gasteiger partial charge < -0.3 is 5.11 Å². The van der Waals surface area contributed by atoms with Gasteiger partial charge in [0.05, 0.1) is 0 Å². The van der Waals surface area contributed by atoms with Crippen molar-refractivity contribution in [2.45, 2.75) is 13.0 Å². The zero-order chi connectivity index (χ0) is 10.7. The molecule has 0 saturated carbocycles. The highest BCUT2D eigenvalue weighted by Crippen LogP contribution is 2.23. The second kappa shape index (κ2) is 4.24. The normalized spacial score (nSPS) is 12.4. The molecular weight excluding hydrogens is 186 g/mol. The fourth-order valence-corrected chi connectivity index (χ4v) is 1.62. The molecule has 2 heteroatoms. The van der Waals surface area contributed by atoms with Crippen molar-refractivity contribution in [1.29, 1.82) is 0 Å². The van der Waals surface area contributed by atoms with E-state index in [-0.39, 0.29) is 0 Å². The summed E-state index contributed by atoms with van der Waals surface area (Å²) in [6, 6.07) is 11.5. The molecule has 0 fully saturated rings. The van der Waals surface area contributed by atoms with Crippen LogP contribution < -0.4 is 0 Å². The van der Waals surface area contributed by atoms with Crippen molar-refractivity contribution < 1.29 is 5.11 Å². The molecule has 0 aliphatic carbocycles. The minimum atomic E-state index is -0.561. The summed E-state index contributed by atoms with van der Waals surface area (Å²) in [7, 11) is 0. The van der Waals surface area contributed by atoms with Gasteiger partial charge in [0.1, 0.15) is 6.10 Å². The van der Waals surface area contributed by atoms with Gasteiger partial charge >= 0.3 is 0 Å². The van der Waals surface area contributed by atoms with Crippen LogP contribution in [0.15, 0.2) is 48.8 Å². The summed E-state index contributed by atoms with van der Waals surface area (Å²) in [6.45, 7) is 2.00. The van der Waals surface area contributed by atoms with Gasteiger partial charge in [0.2, 0.25) is 0 Å². The Balaban J connectivity index is 2.37. The zero-order valence-electron chi connectivity index (χ0n) is 8.59. The van der Waals surface area contributed by atoms with Crippen molar-refractivity contribution in [3.63, 3.8) is 0 Å². The SMILES string of the molecule is Cc1ccccc1[C@@H](O)c1ccncc1. The Labute approximate surface area is 89.2 Å². The highest BCUT2D eigenvalue weighted by Gasteiger charge is 2.11. The molecule has 0 radical (unpaired) electrons. The molecule has 0 amide bonds. The number of benzene rings is 1. The van der Waals surface area contributed by atoms with Crippen molar-refractivity contribution in [2.24, 2.45) is 0 Å². The van der Waals surface area contributed by atoms with E-state index in [4.69, 9.17) is 0 Å². The molecule has 0 bridgehead atoms. The molecule has 1 atom stereocenters. The van der Waals surface area contributed by atoms with E-state index >= 15 is 0 Å². The Hall–Kier alpha value is -1.67. The first-order valence-corrected chi connectivity index (χ1v) is 4.92. The first-order chi connectivity index (χ1) is 7.29. The monoisotopic (exact) mass is 199 g/mol. The Bertz CT molecular complexity index is 439. The molecule has 1 aromatic carbocycles. The van der Waals surface area contributed by atoms with Gasteiger partial charge in [-0.3, -0.25) is 4.98 Å². The zero-order valence-corrected chi connectivity index (χ0v) is 8.59. The van der Waals surface area contributed by atoms with Gasteiger partial charge in [-0.2, -0.15) is 0 Å². The molecule has 0 aliphatic rings. The molecule has 0 spiro atoms. The van der Waals surface area contributed by atoms with E-state index in [1.807, 2.05) is 43.3 Å². The Morgan fingerprint density at radius 3 is 2.40 bits per heavy atom. The van der Waals surface area contributed by atoms with E-state index in [1.54, 1.807) is 12.4 Å². The molecule has 76 valence electrons. The lowest BCUT2D eigenvalue weighted by Crippen LogP contribution is -2.01. The largest absolute Gasteiger partial charge is 0.384 e. The number of pyridine rings is 1. The number of aliphatic hydroxyl groups excluding tert-OH is 1. The molecule has 2 rings (SSSR count). The molecule has 1 N–H and O–H groups in total. The summed E-state index contributed by atoms with van der Waals surface area (Å²) >= 11 is 0. The van der Waals surface area contributed by atoms with Gasteiger partial charge in [-0.05, 0) is 35.7 Å². The van der Waals surface area contributed by atoms with Crippen LogP contribution in [0, 0.1) is 6.92 Å². The lowest BCUT2D eigenvalue weighted by molar-refractivity contribution is 0.219. The molecular formula is C13H13NO. The molecule has 1 aromatic heterocycles. The fraction of sp³-hybridized carbons (Fsp3) is 0.154. The van der Waals surface area contributed by atoms with Crippen LogP contribution in [0.1, 0.15) is 22.8 Å². The van der Waals surface area contributed by atoms with Gasteiger partial charge in [-0.1, -0.05) is 24.3 Å². The van der Waals surface area contributed by atoms with Gasteiger partial charge in [0, 0.05) is 12.4 Å². The van der Waals surface area contributed by atoms with Crippen LogP contribution >= 0.6 is 0 Å². The van der Waals surface area contributed by atoms with Crippen molar-refractivity contribution in [3.8, 4) is 0 Å². The van der Waals surface area contributed by atoms with Crippen molar-refractivity contribution in [1.82, 2.24) is 4.98 Å². The third kappa shape index (κ3) is 2.05. The first-order valence-electron chi connectivity index (χ1n) is 4.92. The maximum atomic E-state index is 10.1. The van der Waals surface area contributed by atoms with Crippen LogP contribution in [0.2, 0.25) is 0 Å². The number of hydrogen-bond donors (Lipinski definition) is 1. The molecule has 0 aliphatic heterocycles. The third-order valence-electron chi connectivity index (χ3n) is 2.50. The van der Waals surface area contributed by atoms with Crippen LogP contribution in [0.5, 0.6) is 0 Å². The Morgan fingerprint density at radius 2 is 1.73 bits per heavy atom. The third-order valence-corrected chi connectivity index (χ3v) is 2.50. The maximum Gasteiger partial charge on any atom is 0.104 e. The van der Waals surface area contributed by atoms with Crippen molar-refractivity contribution in [3.05, 3.63) is 65.5 Å². The fourth-order valence-electron chi connectivity index (χ4n) is 1.62. The highest BCUT2D eigenvalue weighted by atomic mass is 16.3. The topological polar surface area (TPSA) is 33.1 Å². The molecule has 2 nitrogen and oxygen atoms in total. The number of nitrogens with zero attached hydrogens (tertiary/aromatic N) is 1. The molecule has 1 heterocycles. The molecule has 0 saturated heterocycles. The Morgan fingerprint density at radius 1 is 1.07 bits per heavy atom. The predicted octanol–water partition coefficient (Wildman–Crippen LogP) is 2.47. The van der Waals surface area contributed by atoms with E-state index in [0.29, 0.717) is 0 Å². The van der Waals surface area contributed by atoms with Gasteiger partial charge in [-0.15, -0.1) is 0 Å². The van der Waals surface area contributed by atoms with Crippen LogP contribution in [0.4, 0.5) is 0 Å². The number of aryl methyl sites for hydroxylation is 1. The molecule has 2 aromatic rings. The molecule has 0 unspecified atom stereocenters. The predicted molar refractivity (Wildman–Crippen MR) is 59.5 cm³/mol. The number of rotatable bonds is 2. The highest BCUT2D eigenvalue weighted by molar-refractivity contribution is 5.34. The smallest absolute Gasteiger partial charge is 0.104 e. The van der Waals surface area contributed by atoms with E-state index in [2.05, 4.69) is 4.98 Å². The number of aromatic nitrogens is 1. The van der Waals surface area contributed by atoms with Crippen LogP contribution in [0.3, 0.4) is 0 Å². The lowest BCUT2D eigenvalue weighted by Gasteiger charge is -2.13. The summed E-state index contributed by atoms with van der Waals surface area (Å²) < 4.78 is 0. The van der Waals surface area contributed by atoms with E-state index in [0.717, 1.165) is 16.7 Å². The van der Waals surface area contributed by atoms with Crippen molar-refractivity contribution in [2.75, 3.05) is 0 Å². The second-order valence-corrected chi connectivity index (χ2v) is 3.54. The summed E-state index contributed by atoms with van der Waals surface area (Å²) in [4.78, 5) is 3.93. The standard InChI is InChI=1S/C13H13NO/c1-10-4-2-3-5-12(10)13(15)11-6-8-14-9-7-11/h2-9,13,15H,1H3/t13-/m0/s1. The van der Waals surface area contributed by atoms with E-state index in [9.17, 15) is 5.11 Å². The van der Waals surface area contributed by atoms with E-state index in [1.165, 1.54) is 0 Å². The minimum absolute atomic E-state index is 0.561. The van der Waals surface area contributed by atoms with Gasteiger partial charge in [0.25, 0.3) is 0 Å². The van der Waals surface area contributed by atoms with Crippen LogP contribution in [-0.2, 0) is 0 Å². The average Bonchev–Trinajstić information content (AvgIpc) is 2.30. The first kappa shape index (κ1) is 9.87. The van der Waals surface area contributed by atoms with E-state index < -0.39 is 6.10 Å². The van der Waals surface area contributed by atoms with Gasteiger partial charge in [0.15, 0.2) is 0 Å². The molecule has 15 heavy (non-hydrogen) atoms. The second-order valence-electron chi connectivity index (χ2n) is 3.54. The number of aliphatic hydroxyl groups is 1. The maximum absolute atomic E-state index is 10.1. The summed E-state index contributed by atoms with van der Waals surface area (Å²) in [5.74, 6) is 0. The number of hydrogen-bond acceptors (Lipinski definition) is 2. The van der Waals surface area contributed by atoms with Gasteiger partial charge in [-0.25, -0.2) is 0 Å². The summed E-state index contributed by atoms with van der Waals surface area (Å²) in [5.41, 5.74) is 2.92. The van der Waals surface area contributed by atoms with Crippen LogP contribution in [0.25, 0.3) is 0 Å².